The topological polar surface area (TPSA) is 63.0 Å². The molecule has 0 N–H and O–H groups in total. The molecule has 2 aromatic carbocycles. The molecule has 0 saturated heterocycles. The van der Waals surface area contributed by atoms with Crippen LogP contribution in [0, 0.1) is 18.3 Å². The zero-order valence-corrected chi connectivity index (χ0v) is 17.2. The molecule has 4 nitrogen and oxygen atoms in total. The van der Waals surface area contributed by atoms with Gasteiger partial charge in [-0.1, -0.05) is 18.2 Å². The minimum Gasteiger partial charge on any atom is -0.493 e. The molecule has 1 heterocycles. The molecule has 0 bridgehead atoms. The normalized spacial score (nSPS) is 15.0. The van der Waals surface area contributed by atoms with Crippen molar-refractivity contribution in [3.8, 4) is 22.4 Å². The summed E-state index contributed by atoms with van der Waals surface area (Å²) in [6.07, 6.45) is 4.45. The van der Waals surface area contributed by atoms with E-state index in [1.807, 2.05) is 30.3 Å². The summed E-state index contributed by atoms with van der Waals surface area (Å²) in [5.74, 6) is 1.26. The number of rotatable bonds is 7. The summed E-state index contributed by atoms with van der Waals surface area (Å²) in [6.45, 7) is 2.66. The van der Waals surface area contributed by atoms with Gasteiger partial charge in [0.05, 0.1) is 23.9 Å². The second kappa shape index (κ2) is 8.59. The van der Waals surface area contributed by atoms with E-state index in [4.69, 9.17) is 15.0 Å². The van der Waals surface area contributed by atoms with Crippen LogP contribution in [0.5, 0.6) is 5.75 Å². The Kier molecular flexibility index (Phi) is 5.73. The van der Waals surface area contributed by atoms with Gasteiger partial charge in [0.2, 0.25) is 0 Å². The van der Waals surface area contributed by atoms with Gasteiger partial charge >= 0.3 is 0 Å². The Morgan fingerprint density at radius 1 is 1.28 bits per heavy atom. The fraction of sp³-hybridized carbons (Fsp3) is 0.292. The van der Waals surface area contributed by atoms with E-state index in [1.54, 1.807) is 11.3 Å². The maximum Gasteiger partial charge on any atom is 0.123 e. The van der Waals surface area contributed by atoms with Crippen molar-refractivity contribution in [2.75, 3.05) is 6.61 Å². The summed E-state index contributed by atoms with van der Waals surface area (Å²) in [4.78, 5) is 16.8. The number of thiazole rings is 1. The minimum atomic E-state index is 0.370. The van der Waals surface area contributed by atoms with Crippen LogP contribution >= 0.6 is 11.3 Å². The van der Waals surface area contributed by atoms with Crippen molar-refractivity contribution in [2.24, 2.45) is 0 Å². The largest absolute Gasteiger partial charge is 0.493 e. The van der Waals surface area contributed by atoms with E-state index in [9.17, 15) is 4.79 Å². The van der Waals surface area contributed by atoms with Crippen molar-refractivity contribution in [1.82, 2.24) is 4.98 Å². The van der Waals surface area contributed by atoms with E-state index in [1.165, 1.54) is 16.0 Å². The molecule has 1 aromatic heterocycles. The van der Waals surface area contributed by atoms with Crippen LogP contribution in [-0.4, -0.2) is 17.9 Å². The average Bonchev–Trinajstić information content (AvgIpc) is 3.32. The second-order valence-electron chi connectivity index (χ2n) is 7.31. The zero-order chi connectivity index (χ0) is 20.2. The molecule has 4 rings (SSSR count). The van der Waals surface area contributed by atoms with Gasteiger partial charge in [-0.2, -0.15) is 5.26 Å². The first-order valence-corrected chi connectivity index (χ1v) is 10.7. The summed E-state index contributed by atoms with van der Waals surface area (Å²) >= 11 is 1.67. The average molecular weight is 403 g/mol. The summed E-state index contributed by atoms with van der Waals surface area (Å²) in [7, 11) is 0. The van der Waals surface area contributed by atoms with E-state index in [0.717, 1.165) is 47.6 Å². The number of nitrogens with zero attached hydrogens (tertiary/aromatic N) is 2. The molecule has 3 aromatic rings. The van der Waals surface area contributed by atoms with Crippen molar-refractivity contribution in [3.05, 3.63) is 69.7 Å². The van der Waals surface area contributed by atoms with Gasteiger partial charge in [-0.3, -0.25) is 0 Å². The minimum absolute atomic E-state index is 0.370. The Bertz CT molecular complexity index is 1060. The van der Waals surface area contributed by atoms with Gasteiger partial charge in [-0.25, -0.2) is 4.98 Å². The first-order chi connectivity index (χ1) is 14.2. The van der Waals surface area contributed by atoms with Gasteiger partial charge in [0.1, 0.15) is 17.0 Å². The number of ether oxygens (including phenoxy) is 1. The third kappa shape index (κ3) is 4.23. The highest BCUT2D eigenvalue weighted by Crippen LogP contribution is 2.36. The maximum atomic E-state index is 10.8. The first kappa shape index (κ1) is 19.4. The van der Waals surface area contributed by atoms with Crippen LogP contribution in [0.1, 0.15) is 46.0 Å². The van der Waals surface area contributed by atoms with Crippen LogP contribution in [0.2, 0.25) is 0 Å². The van der Waals surface area contributed by atoms with E-state index >= 15 is 0 Å². The number of aryl methyl sites for hydroxylation is 2. The Hall–Kier alpha value is -2.97. The van der Waals surface area contributed by atoms with Gasteiger partial charge in [-0.05, 0) is 61.1 Å². The standard InChI is InChI=1S/C24H22N2O2S/c1-16-23(26-24(29-16)19-4-2-17(15-25)3-5-19)11-13-28-21-8-9-22-18(10-12-27)6-7-20(22)14-21/h2-5,8-9,12,14,18H,6-7,10-11,13H2,1H3/t18-/m0/s1. The Morgan fingerprint density at radius 3 is 2.86 bits per heavy atom. The molecular formula is C24H22N2O2S. The van der Waals surface area contributed by atoms with Crippen LogP contribution in [0.3, 0.4) is 0 Å². The lowest BCUT2D eigenvalue weighted by Gasteiger charge is -2.10. The molecule has 0 fully saturated rings. The summed E-state index contributed by atoms with van der Waals surface area (Å²) in [6, 6.07) is 15.9. The monoisotopic (exact) mass is 402 g/mol. The highest BCUT2D eigenvalue weighted by atomic mass is 32.1. The number of fused-ring (bicyclic) bond motifs is 1. The van der Waals surface area contributed by atoms with Gasteiger partial charge in [-0.15, -0.1) is 11.3 Å². The van der Waals surface area contributed by atoms with E-state index in [0.29, 0.717) is 24.5 Å². The summed E-state index contributed by atoms with van der Waals surface area (Å²) in [5, 5.41) is 9.91. The molecule has 0 unspecified atom stereocenters. The molecule has 0 saturated carbocycles. The fourth-order valence-electron chi connectivity index (χ4n) is 3.87. The molecule has 1 aliphatic rings. The van der Waals surface area contributed by atoms with Crippen LogP contribution in [0.25, 0.3) is 10.6 Å². The van der Waals surface area contributed by atoms with Crippen molar-refractivity contribution in [1.29, 1.82) is 5.26 Å². The van der Waals surface area contributed by atoms with E-state index in [-0.39, 0.29) is 0 Å². The Labute approximate surface area is 174 Å². The predicted molar refractivity (Wildman–Crippen MR) is 114 cm³/mol. The first-order valence-electron chi connectivity index (χ1n) is 9.84. The molecule has 5 heteroatoms. The third-order valence-corrected chi connectivity index (χ3v) is 6.52. The number of carbonyl (C=O) groups excluding carboxylic acids is 1. The molecule has 0 aliphatic heterocycles. The zero-order valence-electron chi connectivity index (χ0n) is 16.4. The lowest BCUT2D eigenvalue weighted by Crippen LogP contribution is -2.03. The Balaban J connectivity index is 1.38. The Morgan fingerprint density at radius 2 is 2.10 bits per heavy atom. The summed E-state index contributed by atoms with van der Waals surface area (Å²) in [5.41, 5.74) is 5.35. The van der Waals surface area contributed by atoms with Crippen LogP contribution < -0.4 is 4.74 Å². The number of aromatic nitrogens is 1. The van der Waals surface area contributed by atoms with Crippen LogP contribution in [-0.2, 0) is 17.6 Å². The highest BCUT2D eigenvalue weighted by Gasteiger charge is 2.22. The number of hydrogen-bond donors (Lipinski definition) is 0. The van der Waals surface area contributed by atoms with Crippen molar-refractivity contribution in [3.63, 3.8) is 0 Å². The van der Waals surface area contributed by atoms with Crippen molar-refractivity contribution >= 4 is 17.6 Å². The smallest absolute Gasteiger partial charge is 0.123 e. The predicted octanol–water partition coefficient (Wildman–Crippen LogP) is 5.23. The number of nitriles is 1. The lowest BCUT2D eigenvalue weighted by molar-refractivity contribution is -0.108. The fourth-order valence-corrected chi connectivity index (χ4v) is 4.83. The third-order valence-electron chi connectivity index (χ3n) is 5.46. The molecule has 0 amide bonds. The van der Waals surface area contributed by atoms with Gasteiger partial charge in [0.15, 0.2) is 0 Å². The number of hydrogen-bond acceptors (Lipinski definition) is 5. The van der Waals surface area contributed by atoms with E-state index < -0.39 is 0 Å². The molecule has 1 atom stereocenters. The molecule has 29 heavy (non-hydrogen) atoms. The van der Waals surface area contributed by atoms with Crippen LogP contribution in [0.4, 0.5) is 0 Å². The number of carbonyl (C=O) groups is 1. The van der Waals surface area contributed by atoms with E-state index in [2.05, 4.69) is 25.1 Å². The van der Waals surface area contributed by atoms with Gasteiger partial charge < -0.3 is 9.53 Å². The van der Waals surface area contributed by atoms with Crippen molar-refractivity contribution < 1.29 is 9.53 Å². The molecular weight excluding hydrogens is 380 g/mol. The SMILES string of the molecule is Cc1sc(-c2ccc(C#N)cc2)nc1CCOc1ccc2c(c1)CC[C@H]2CC=O. The number of benzene rings is 2. The molecule has 0 radical (unpaired) electrons. The number of aldehydes is 1. The van der Waals surface area contributed by atoms with Gasteiger partial charge in [0.25, 0.3) is 0 Å². The lowest BCUT2D eigenvalue weighted by atomic mass is 9.99. The second-order valence-corrected chi connectivity index (χ2v) is 8.51. The van der Waals surface area contributed by atoms with Gasteiger partial charge in [0, 0.05) is 23.3 Å². The molecule has 1 aliphatic carbocycles. The van der Waals surface area contributed by atoms with Crippen LogP contribution in [0.15, 0.2) is 42.5 Å². The maximum absolute atomic E-state index is 10.8. The van der Waals surface area contributed by atoms with Crippen molar-refractivity contribution in [2.45, 2.75) is 38.5 Å². The molecule has 0 spiro atoms. The highest BCUT2D eigenvalue weighted by molar-refractivity contribution is 7.15. The summed E-state index contributed by atoms with van der Waals surface area (Å²) < 4.78 is 5.99. The quantitative estimate of drug-likeness (QED) is 0.508. The molecule has 146 valence electrons.